The number of methoxy groups -OCH3 is 1. The van der Waals surface area contributed by atoms with Crippen molar-refractivity contribution < 1.29 is 4.74 Å². The maximum atomic E-state index is 5.35. The van der Waals surface area contributed by atoms with Crippen LogP contribution in [0.5, 0.6) is 5.75 Å². The van der Waals surface area contributed by atoms with E-state index in [9.17, 15) is 0 Å². The average molecular weight is 273 g/mol. The molecule has 1 aromatic carbocycles. The van der Waals surface area contributed by atoms with E-state index < -0.39 is 0 Å². The molecule has 0 bridgehead atoms. The summed E-state index contributed by atoms with van der Waals surface area (Å²) in [5.41, 5.74) is 2.31. The van der Waals surface area contributed by atoms with E-state index in [-0.39, 0.29) is 0 Å². The lowest BCUT2D eigenvalue weighted by atomic mass is 10.1. The summed E-state index contributed by atoms with van der Waals surface area (Å²) in [5, 5.41) is 7.94. The SMILES string of the molecule is COc1ccccc1CCNCc1ccn(C(C)C)n1. The van der Waals surface area contributed by atoms with E-state index in [0.29, 0.717) is 6.04 Å². The highest BCUT2D eigenvalue weighted by atomic mass is 16.5. The molecule has 0 aliphatic carbocycles. The molecule has 0 unspecified atom stereocenters. The van der Waals surface area contributed by atoms with Crippen molar-refractivity contribution in [3.8, 4) is 5.75 Å². The van der Waals surface area contributed by atoms with Crippen molar-refractivity contribution in [2.24, 2.45) is 0 Å². The Balaban J connectivity index is 1.78. The highest BCUT2D eigenvalue weighted by molar-refractivity contribution is 5.33. The van der Waals surface area contributed by atoms with Gasteiger partial charge in [0.15, 0.2) is 0 Å². The Bertz CT molecular complexity index is 534. The molecule has 0 saturated carbocycles. The molecule has 2 aromatic rings. The van der Waals surface area contributed by atoms with Crippen molar-refractivity contribution in [3.63, 3.8) is 0 Å². The van der Waals surface area contributed by atoms with E-state index in [4.69, 9.17) is 4.74 Å². The van der Waals surface area contributed by atoms with Crippen LogP contribution in [0.25, 0.3) is 0 Å². The number of nitrogens with one attached hydrogen (secondary N) is 1. The summed E-state index contributed by atoms with van der Waals surface area (Å²) in [6.07, 6.45) is 2.98. The number of benzene rings is 1. The third-order valence-corrected chi connectivity index (χ3v) is 3.26. The summed E-state index contributed by atoms with van der Waals surface area (Å²) in [4.78, 5) is 0. The van der Waals surface area contributed by atoms with E-state index >= 15 is 0 Å². The molecule has 1 aromatic heterocycles. The molecule has 0 radical (unpaired) electrons. The molecule has 0 aliphatic rings. The van der Waals surface area contributed by atoms with Gasteiger partial charge in [0.25, 0.3) is 0 Å². The van der Waals surface area contributed by atoms with E-state index in [0.717, 1.165) is 31.0 Å². The predicted molar refractivity (Wildman–Crippen MR) is 81.0 cm³/mol. The normalized spacial score (nSPS) is 11.0. The van der Waals surface area contributed by atoms with Gasteiger partial charge in [0.2, 0.25) is 0 Å². The molecule has 0 saturated heterocycles. The van der Waals surface area contributed by atoms with Gasteiger partial charge in [-0.25, -0.2) is 0 Å². The maximum Gasteiger partial charge on any atom is 0.122 e. The Kier molecular flexibility index (Phi) is 5.18. The highest BCUT2D eigenvalue weighted by Crippen LogP contribution is 2.17. The molecular weight excluding hydrogens is 250 g/mol. The van der Waals surface area contributed by atoms with Gasteiger partial charge in [0.05, 0.1) is 12.8 Å². The van der Waals surface area contributed by atoms with Crippen molar-refractivity contribution in [2.45, 2.75) is 32.9 Å². The van der Waals surface area contributed by atoms with Crippen LogP contribution in [-0.2, 0) is 13.0 Å². The smallest absolute Gasteiger partial charge is 0.122 e. The lowest BCUT2D eigenvalue weighted by Gasteiger charge is -2.08. The minimum atomic E-state index is 0.414. The molecule has 4 nitrogen and oxygen atoms in total. The number of para-hydroxylation sites is 1. The van der Waals surface area contributed by atoms with Crippen LogP contribution in [0.4, 0.5) is 0 Å². The summed E-state index contributed by atoms with van der Waals surface area (Å²) in [6, 6.07) is 10.6. The van der Waals surface area contributed by atoms with Crippen LogP contribution in [0.3, 0.4) is 0 Å². The number of ether oxygens (including phenoxy) is 1. The molecule has 0 fully saturated rings. The summed E-state index contributed by atoms with van der Waals surface area (Å²) in [5.74, 6) is 0.957. The molecule has 0 atom stereocenters. The largest absolute Gasteiger partial charge is 0.496 e. The second-order valence-corrected chi connectivity index (χ2v) is 5.12. The number of nitrogens with zero attached hydrogens (tertiary/aromatic N) is 2. The van der Waals surface area contributed by atoms with Crippen LogP contribution >= 0.6 is 0 Å². The Morgan fingerprint density at radius 2 is 2.05 bits per heavy atom. The second-order valence-electron chi connectivity index (χ2n) is 5.12. The van der Waals surface area contributed by atoms with E-state index in [1.165, 1.54) is 5.56 Å². The van der Waals surface area contributed by atoms with E-state index in [1.54, 1.807) is 7.11 Å². The van der Waals surface area contributed by atoms with Crippen molar-refractivity contribution in [1.82, 2.24) is 15.1 Å². The topological polar surface area (TPSA) is 39.1 Å². The monoisotopic (exact) mass is 273 g/mol. The van der Waals surface area contributed by atoms with Crippen molar-refractivity contribution in [2.75, 3.05) is 13.7 Å². The maximum absolute atomic E-state index is 5.35. The first-order chi connectivity index (χ1) is 9.70. The van der Waals surface area contributed by atoms with Gasteiger partial charge in [-0.1, -0.05) is 18.2 Å². The van der Waals surface area contributed by atoms with Crippen LogP contribution < -0.4 is 10.1 Å². The molecule has 1 N–H and O–H groups in total. The molecule has 0 spiro atoms. The third kappa shape index (κ3) is 3.84. The van der Waals surface area contributed by atoms with Crippen molar-refractivity contribution in [1.29, 1.82) is 0 Å². The van der Waals surface area contributed by atoms with Crippen LogP contribution in [0.2, 0.25) is 0 Å². The standard InChI is InChI=1S/C16H23N3O/c1-13(2)19-11-9-15(18-19)12-17-10-8-14-6-4-5-7-16(14)20-3/h4-7,9,11,13,17H,8,10,12H2,1-3H3. The first kappa shape index (κ1) is 14.6. The molecule has 108 valence electrons. The lowest BCUT2D eigenvalue weighted by molar-refractivity contribution is 0.409. The zero-order valence-corrected chi connectivity index (χ0v) is 12.5. The molecule has 4 heteroatoms. The fourth-order valence-corrected chi connectivity index (χ4v) is 2.11. The molecule has 20 heavy (non-hydrogen) atoms. The van der Waals surface area contributed by atoms with Crippen LogP contribution in [0.15, 0.2) is 36.5 Å². The number of rotatable bonds is 7. The number of hydrogen-bond acceptors (Lipinski definition) is 3. The first-order valence-corrected chi connectivity index (χ1v) is 7.07. The lowest BCUT2D eigenvalue weighted by Crippen LogP contribution is -2.17. The van der Waals surface area contributed by atoms with Crippen LogP contribution in [-0.4, -0.2) is 23.4 Å². The summed E-state index contributed by atoms with van der Waals surface area (Å²) in [6.45, 7) is 5.97. The van der Waals surface area contributed by atoms with Gasteiger partial charge in [-0.3, -0.25) is 4.68 Å². The first-order valence-electron chi connectivity index (χ1n) is 7.07. The fourth-order valence-electron chi connectivity index (χ4n) is 2.11. The Labute approximate surface area is 120 Å². The van der Waals surface area contributed by atoms with Crippen molar-refractivity contribution >= 4 is 0 Å². The van der Waals surface area contributed by atoms with Crippen LogP contribution in [0, 0.1) is 0 Å². The van der Waals surface area contributed by atoms with Crippen molar-refractivity contribution in [3.05, 3.63) is 47.8 Å². The van der Waals surface area contributed by atoms with Crippen LogP contribution in [0.1, 0.15) is 31.1 Å². The third-order valence-electron chi connectivity index (χ3n) is 3.26. The van der Waals surface area contributed by atoms with Gasteiger partial charge in [-0.2, -0.15) is 5.10 Å². The Hall–Kier alpha value is -1.81. The van der Waals surface area contributed by atoms with Gasteiger partial charge < -0.3 is 10.1 Å². The fraction of sp³-hybridized carbons (Fsp3) is 0.438. The molecule has 0 aliphatic heterocycles. The van der Waals surface area contributed by atoms with E-state index in [2.05, 4.69) is 36.4 Å². The minimum absolute atomic E-state index is 0.414. The predicted octanol–water partition coefficient (Wildman–Crippen LogP) is 2.80. The summed E-state index contributed by atoms with van der Waals surface area (Å²) >= 11 is 0. The quantitative estimate of drug-likeness (QED) is 0.788. The Morgan fingerprint density at radius 3 is 2.75 bits per heavy atom. The molecule has 2 rings (SSSR count). The van der Waals surface area contributed by atoms with Gasteiger partial charge >= 0.3 is 0 Å². The highest BCUT2D eigenvalue weighted by Gasteiger charge is 2.03. The van der Waals surface area contributed by atoms with Gasteiger partial charge in [0.1, 0.15) is 5.75 Å². The minimum Gasteiger partial charge on any atom is -0.496 e. The zero-order valence-electron chi connectivity index (χ0n) is 12.5. The van der Waals surface area contributed by atoms with Gasteiger partial charge in [-0.05, 0) is 44.5 Å². The summed E-state index contributed by atoms with van der Waals surface area (Å²) in [7, 11) is 1.71. The van der Waals surface area contributed by atoms with Gasteiger partial charge in [0, 0.05) is 18.8 Å². The zero-order chi connectivity index (χ0) is 14.4. The summed E-state index contributed by atoms with van der Waals surface area (Å²) < 4.78 is 7.33. The van der Waals surface area contributed by atoms with Gasteiger partial charge in [-0.15, -0.1) is 0 Å². The number of hydrogen-bond donors (Lipinski definition) is 1. The molecule has 1 heterocycles. The molecular formula is C16H23N3O. The van der Waals surface area contributed by atoms with E-state index in [1.807, 2.05) is 29.1 Å². The number of aromatic nitrogens is 2. The Morgan fingerprint density at radius 1 is 1.25 bits per heavy atom. The second kappa shape index (κ2) is 7.10. The average Bonchev–Trinajstić information content (AvgIpc) is 2.93. The molecule has 0 amide bonds.